The number of halogens is 1. The molecule has 1 fully saturated rings. The zero-order valence-electron chi connectivity index (χ0n) is 14.8. The van der Waals surface area contributed by atoms with Crippen LogP contribution in [0.25, 0.3) is 0 Å². The Morgan fingerprint density at radius 1 is 1.15 bits per heavy atom. The van der Waals surface area contributed by atoms with E-state index < -0.39 is 5.41 Å². The Labute approximate surface area is 158 Å². The molecule has 1 aliphatic heterocycles. The molecular weight excluding hydrogens is 352 g/mol. The van der Waals surface area contributed by atoms with Gasteiger partial charge in [0.1, 0.15) is 11.5 Å². The lowest BCUT2D eigenvalue weighted by Crippen LogP contribution is -2.47. The summed E-state index contributed by atoms with van der Waals surface area (Å²) in [7, 11) is 1.64. The summed E-state index contributed by atoms with van der Waals surface area (Å²) in [6.45, 7) is 2.07. The van der Waals surface area contributed by atoms with Crippen molar-refractivity contribution in [3.63, 3.8) is 0 Å². The van der Waals surface area contributed by atoms with Crippen molar-refractivity contribution in [1.29, 1.82) is 0 Å². The lowest BCUT2D eigenvalue weighted by atomic mass is 9.78. The molecule has 0 atom stereocenters. The van der Waals surface area contributed by atoms with E-state index in [0.29, 0.717) is 23.1 Å². The third-order valence-corrected chi connectivity index (χ3v) is 4.84. The lowest BCUT2D eigenvalue weighted by Gasteiger charge is -2.35. The molecule has 0 spiro atoms. The van der Waals surface area contributed by atoms with Crippen molar-refractivity contribution < 1.29 is 14.3 Å². The summed E-state index contributed by atoms with van der Waals surface area (Å²) in [4.78, 5) is 12.8. The number of ether oxygens (including phenoxy) is 2. The van der Waals surface area contributed by atoms with E-state index in [2.05, 4.69) is 10.6 Å². The predicted octanol–water partition coefficient (Wildman–Crippen LogP) is 4.09. The molecule has 0 aromatic heterocycles. The number of rotatable bonds is 6. The number of piperidine rings is 1. The van der Waals surface area contributed by atoms with Crippen LogP contribution in [0.3, 0.4) is 0 Å². The summed E-state index contributed by atoms with van der Waals surface area (Å²) in [5.74, 6) is 1.35. The van der Waals surface area contributed by atoms with Gasteiger partial charge >= 0.3 is 0 Å². The molecule has 2 N–H and O–H groups in total. The number of amides is 1. The maximum absolute atomic E-state index is 12.8. The van der Waals surface area contributed by atoms with Crippen LogP contribution in [-0.4, -0.2) is 32.7 Å². The molecule has 1 saturated heterocycles. The fourth-order valence-corrected chi connectivity index (χ4v) is 3.34. The molecule has 0 radical (unpaired) electrons. The first kappa shape index (κ1) is 18.7. The van der Waals surface area contributed by atoms with Crippen LogP contribution in [-0.2, 0) is 9.53 Å². The molecule has 26 heavy (non-hydrogen) atoms. The van der Waals surface area contributed by atoms with E-state index in [1.54, 1.807) is 19.2 Å². The zero-order valence-corrected chi connectivity index (χ0v) is 15.5. The van der Waals surface area contributed by atoms with Crippen LogP contribution in [0, 0.1) is 5.41 Å². The number of benzene rings is 2. The van der Waals surface area contributed by atoms with Gasteiger partial charge in [-0.25, -0.2) is 0 Å². The second-order valence-corrected chi connectivity index (χ2v) is 6.94. The summed E-state index contributed by atoms with van der Waals surface area (Å²) in [5.41, 5.74) is 0.262. The summed E-state index contributed by atoms with van der Waals surface area (Å²) in [6, 6.07) is 14.5. The smallest absolute Gasteiger partial charge is 0.233 e. The Morgan fingerprint density at radius 2 is 1.88 bits per heavy atom. The topological polar surface area (TPSA) is 59.6 Å². The Morgan fingerprint density at radius 3 is 2.54 bits per heavy atom. The average Bonchev–Trinajstić information content (AvgIpc) is 2.64. The summed E-state index contributed by atoms with van der Waals surface area (Å²) in [6.07, 6.45) is 1.53. The monoisotopic (exact) mass is 374 g/mol. The Bertz CT molecular complexity index is 737. The van der Waals surface area contributed by atoms with E-state index in [1.165, 1.54) is 0 Å². The van der Waals surface area contributed by atoms with Crippen molar-refractivity contribution >= 4 is 23.2 Å². The van der Waals surface area contributed by atoms with Gasteiger partial charge in [0, 0.05) is 17.8 Å². The number of carbonyl (C=O) groups is 1. The summed E-state index contributed by atoms with van der Waals surface area (Å²) < 4.78 is 11.1. The molecule has 0 unspecified atom stereocenters. The molecule has 2 aromatic carbocycles. The maximum atomic E-state index is 12.8. The minimum Gasteiger partial charge on any atom is -0.457 e. The SMILES string of the molecule is COCC1(C(=O)Nc2ccc(Oc3cccc(Cl)c3)cc2)CCNCC1. The summed E-state index contributed by atoms with van der Waals surface area (Å²) >= 11 is 5.96. The second kappa shape index (κ2) is 8.54. The summed E-state index contributed by atoms with van der Waals surface area (Å²) in [5, 5.41) is 6.93. The Hall–Kier alpha value is -2.08. The highest BCUT2D eigenvalue weighted by atomic mass is 35.5. The fourth-order valence-electron chi connectivity index (χ4n) is 3.16. The number of carbonyl (C=O) groups excluding carboxylic acids is 1. The van der Waals surface area contributed by atoms with Crippen molar-refractivity contribution in [2.24, 2.45) is 5.41 Å². The van der Waals surface area contributed by atoms with Crippen molar-refractivity contribution in [3.05, 3.63) is 53.6 Å². The van der Waals surface area contributed by atoms with E-state index in [-0.39, 0.29) is 5.91 Å². The molecular formula is C20H23ClN2O3. The highest BCUT2D eigenvalue weighted by molar-refractivity contribution is 6.30. The van der Waals surface area contributed by atoms with E-state index in [9.17, 15) is 4.79 Å². The molecule has 0 bridgehead atoms. The van der Waals surface area contributed by atoms with E-state index in [1.807, 2.05) is 36.4 Å². The Kier molecular flexibility index (Phi) is 6.14. The van der Waals surface area contributed by atoms with Gasteiger partial charge in [0.15, 0.2) is 0 Å². The maximum Gasteiger partial charge on any atom is 0.233 e. The van der Waals surface area contributed by atoms with Crippen LogP contribution in [0.1, 0.15) is 12.8 Å². The molecule has 1 amide bonds. The first-order valence-electron chi connectivity index (χ1n) is 8.66. The van der Waals surface area contributed by atoms with Crippen LogP contribution in [0.4, 0.5) is 5.69 Å². The van der Waals surface area contributed by atoms with Crippen molar-refractivity contribution in [2.75, 3.05) is 32.1 Å². The van der Waals surface area contributed by atoms with Crippen molar-refractivity contribution in [1.82, 2.24) is 5.32 Å². The van der Waals surface area contributed by atoms with Gasteiger partial charge in [-0.3, -0.25) is 4.79 Å². The van der Waals surface area contributed by atoms with E-state index in [0.717, 1.165) is 31.6 Å². The van der Waals surface area contributed by atoms with E-state index in [4.69, 9.17) is 21.1 Å². The van der Waals surface area contributed by atoms with Crippen LogP contribution in [0.2, 0.25) is 5.02 Å². The molecule has 0 aliphatic carbocycles. The second-order valence-electron chi connectivity index (χ2n) is 6.50. The first-order valence-corrected chi connectivity index (χ1v) is 9.04. The van der Waals surface area contributed by atoms with Gasteiger partial charge in [-0.2, -0.15) is 0 Å². The minimum absolute atomic E-state index is 0.00404. The highest BCUT2D eigenvalue weighted by Crippen LogP contribution is 2.31. The van der Waals surface area contributed by atoms with Gasteiger partial charge in [0.25, 0.3) is 0 Å². The van der Waals surface area contributed by atoms with Crippen molar-refractivity contribution in [3.8, 4) is 11.5 Å². The van der Waals surface area contributed by atoms with Gasteiger partial charge in [-0.1, -0.05) is 17.7 Å². The number of hydrogen-bond acceptors (Lipinski definition) is 4. The third-order valence-electron chi connectivity index (χ3n) is 4.61. The number of anilines is 1. The molecule has 6 heteroatoms. The molecule has 1 aliphatic rings. The van der Waals surface area contributed by atoms with Gasteiger partial charge in [-0.15, -0.1) is 0 Å². The van der Waals surface area contributed by atoms with Crippen molar-refractivity contribution in [2.45, 2.75) is 12.8 Å². The predicted molar refractivity (Wildman–Crippen MR) is 103 cm³/mol. The average molecular weight is 375 g/mol. The number of hydrogen-bond donors (Lipinski definition) is 2. The lowest BCUT2D eigenvalue weighted by molar-refractivity contribution is -0.130. The van der Waals surface area contributed by atoms with Gasteiger partial charge < -0.3 is 20.1 Å². The molecule has 1 heterocycles. The van der Waals surface area contributed by atoms with E-state index >= 15 is 0 Å². The largest absolute Gasteiger partial charge is 0.457 e. The number of nitrogens with one attached hydrogen (secondary N) is 2. The molecule has 138 valence electrons. The quantitative estimate of drug-likeness (QED) is 0.799. The van der Waals surface area contributed by atoms with Gasteiger partial charge in [0.05, 0.1) is 12.0 Å². The molecule has 2 aromatic rings. The standard InChI is InChI=1S/C20H23ClN2O3/c1-25-14-20(9-11-22-12-10-20)19(24)23-16-5-7-17(8-6-16)26-18-4-2-3-15(21)13-18/h2-8,13,22H,9-12,14H2,1H3,(H,23,24). The van der Waals surface area contributed by atoms with Gasteiger partial charge in [-0.05, 0) is 68.4 Å². The van der Waals surface area contributed by atoms with Crippen LogP contribution < -0.4 is 15.4 Å². The zero-order chi connectivity index (χ0) is 18.4. The first-order chi connectivity index (χ1) is 12.6. The molecule has 0 saturated carbocycles. The van der Waals surface area contributed by atoms with Crippen LogP contribution in [0.5, 0.6) is 11.5 Å². The van der Waals surface area contributed by atoms with Crippen LogP contribution >= 0.6 is 11.6 Å². The third kappa shape index (κ3) is 4.55. The molecule has 3 rings (SSSR count). The normalized spacial score (nSPS) is 16.1. The minimum atomic E-state index is -0.476. The van der Waals surface area contributed by atoms with Crippen LogP contribution in [0.15, 0.2) is 48.5 Å². The number of methoxy groups -OCH3 is 1. The molecule has 5 nitrogen and oxygen atoms in total. The fraction of sp³-hybridized carbons (Fsp3) is 0.350. The van der Waals surface area contributed by atoms with Gasteiger partial charge in [0.2, 0.25) is 5.91 Å². The Balaban J connectivity index is 1.65. The highest BCUT2D eigenvalue weighted by Gasteiger charge is 2.39.